The predicted octanol–water partition coefficient (Wildman–Crippen LogP) is 2.30. The first-order valence-corrected chi connectivity index (χ1v) is 10.4. The van der Waals surface area contributed by atoms with Gasteiger partial charge in [-0.1, -0.05) is 6.07 Å². The van der Waals surface area contributed by atoms with Crippen molar-refractivity contribution in [1.29, 1.82) is 0 Å². The first-order valence-electron chi connectivity index (χ1n) is 10.4. The van der Waals surface area contributed by atoms with Gasteiger partial charge in [0, 0.05) is 38.2 Å². The van der Waals surface area contributed by atoms with Gasteiger partial charge in [0.25, 0.3) is 5.91 Å². The van der Waals surface area contributed by atoms with Gasteiger partial charge >= 0.3 is 0 Å². The number of amides is 2. The Labute approximate surface area is 181 Å². The van der Waals surface area contributed by atoms with Gasteiger partial charge in [0.2, 0.25) is 5.91 Å². The summed E-state index contributed by atoms with van der Waals surface area (Å²) in [4.78, 5) is 32.6. The molecule has 3 heterocycles. The van der Waals surface area contributed by atoms with E-state index in [1.807, 2.05) is 6.07 Å². The molecule has 1 aromatic heterocycles. The summed E-state index contributed by atoms with van der Waals surface area (Å²) >= 11 is 0. The molecule has 8 nitrogen and oxygen atoms in total. The van der Waals surface area contributed by atoms with Crippen molar-refractivity contribution in [2.24, 2.45) is 0 Å². The molecule has 0 bridgehead atoms. The van der Waals surface area contributed by atoms with Crippen LogP contribution in [0.4, 0.5) is 0 Å². The number of methoxy groups -OCH3 is 2. The van der Waals surface area contributed by atoms with Crippen LogP contribution in [0.1, 0.15) is 46.3 Å². The molecule has 164 valence electrons. The van der Waals surface area contributed by atoms with Gasteiger partial charge in [-0.25, -0.2) is 0 Å². The Balaban J connectivity index is 1.78. The van der Waals surface area contributed by atoms with Crippen LogP contribution >= 0.6 is 0 Å². The number of fused-ring (bicyclic) bond motifs is 1. The highest BCUT2D eigenvalue weighted by Gasteiger charge is 2.43. The molecule has 0 spiro atoms. The first-order chi connectivity index (χ1) is 15.0. The summed E-state index contributed by atoms with van der Waals surface area (Å²) in [5, 5.41) is 3.04. The van der Waals surface area contributed by atoms with Gasteiger partial charge in [0.1, 0.15) is 0 Å². The minimum absolute atomic E-state index is 0.0219. The third-order valence-electron chi connectivity index (χ3n) is 6.01. The van der Waals surface area contributed by atoms with Crippen LogP contribution in [-0.2, 0) is 9.53 Å². The molecular formula is C23H27N3O5. The molecule has 0 unspecified atom stereocenters. The van der Waals surface area contributed by atoms with Crippen LogP contribution in [0.15, 0.2) is 36.7 Å². The van der Waals surface area contributed by atoms with E-state index in [0.717, 1.165) is 25.0 Å². The van der Waals surface area contributed by atoms with E-state index in [4.69, 9.17) is 14.2 Å². The van der Waals surface area contributed by atoms with Gasteiger partial charge in [0.15, 0.2) is 11.5 Å². The van der Waals surface area contributed by atoms with E-state index in [9.17, 15) is 9.59 Å². The first kappa shape index (κ1) is 21.1. The van der Waals surface area contributed by atoms with E-state index >= 15 is 0 Å². The maximum Gasteiger partial charge on any atom is 0.254 e. The van der Waals surface area contributed by atoms with Crippen molar-refractivity contribution in [2.45, 2.75) is 30.9 Å². The number of pyridine rings is 1. The van der Waals surface area contributed by atoms with Gasteiger partial charge in [-0.3, -0.25) is 14.6 Å². The van der Waals surface area contributed by atoms with Crippen LogP contribution in [0.5, 0.6) is 11.5 Å². The number of rotatable bonds is 6. The lowest BCUT2D eigenvalue weighted by Gasteiger charge is -2.40. The lowest BCUT2D eigenvalue weighted by molar-refractivity contribution is -0.124. The number of nitrogens with one attached hydrogen (secondary N) is 1. The average Bonchev–Trinajstić information content (AvgIpc) is 3.33. The number of nitrogens with zero attached hydrogens (tertiary/aromatic N) is 2. The summed E-state index contributed by atoms with van der Waals surface area (Å²) in [7, 11) is 4.76. The molecule has 8 heteroatoms. The van der Waals surface area contributed by atoms with E-state index in [1.54, 1.807) is 42.5 Å². The highest BCUT2D eigenvalue weighted by atomic mass is 16.5. The summed E-state index contributed by atoms with van der Waals surface area (Å²) in [5.74, 6) is -0.0740. The normalized spacial score (nSPS) is 22.7. The van der Waals surface area contributed by atoms with Gasteiger partial charge in [-0.2, -0.15) is 0 Å². The number of ether oxygens (including phenoxy) is 3. The summed E-state index contributed by atoms with van der Waals surface area (Å²) in [6.07, 6.45) is 5.31. The molecule has 1 N–H and O–H groups in total. The van der Waals surface area contributed by atoms with Gasteiger partial charge in [-0.15, -0.1) is 0 Å². The van der Waals surface area contributed by atoms with Crippen LogP contribution in [0.25, 0.3) is 0 Å². The van der Waals surface area contributed by atoms with Crippen molar-refractivity contribution in [3.05, 3.63) is 53.3 Å². The summed E-state index contributed by atoms with van der Waals surface area (Å²) in [6, 6.07) is 6.56. The molecule has 4 rings (SSSR count). The molecule has 0 aliphatic carbocycles. The highest BCUT2D eigenvalue weighted by Crippen LogP contribution is 2.45. The summed E-state index contributed by atoms with van der Waals surface area (Å²) in [5.41, 5.74) is 1.83. The number of carbonyl (C=O) groups is 2. The molecule has 2 amide bonds. The maximum atomic E-state index is 13.5. The zero-order valence-corrected chi connectivity index (χ0v) is 18.0. The van der Waals surface area contributed by atoms with Crippen molar-refractivity contribution in [1.82, 2.24) is 15.2 Å². The monoisotopic (exact) mass is 425 g/mol. The van der Waals surface area contributed by atoms with Crippen molar-refractivity contribution in [3.63, 3.8) is 0 Å². The molecule has 1 saturated heterocycles. The Morgan fingerprint density at radius 2 is 2.06 bits per heavy atom. The van der Waals surface area contributed by atoms with Crippen LogP contribution in [0, 0.1) is 0 Å². The molecule has 2 aromatic rings. The van der Waals surface area contributed by atoms with E-state index < -0.39 is 12.0 Å². The molecule has 1 aromatic carbocycles. The summed E-state index contributed by atoms with van der Waals surface area (Å²) < 4.78 is 16.5. The van der Waals surface area contributed by atoms with E-state index in [-0.39, 0.29) is 17.9 Å². The SMILES string of the molecule is COc1cc2c(cc1OC)[C@H](C(=O)NC[C@H]1CCCO1)[C@H](c1cccnc1)N(C)C2=O. The van der Waals surface area contributed by atoms with Crippen LogP contribution < -0.4 is 14.8 Å². The van der Waals surface area contributed by atoms with Crippen molar-refractivity contribution in [2.75, 3.05) is 34.4 Å². The Bertz CT molecular complexity index is 959. The fourth-order valence-electron chi connectivity index (χ4n) is 4.43. The van der Waals surface area contributed by atoms with E-state index in [2.05, 4.69) is 10.3 Å². The summed E-state index contributed by atoms with van der Waals surface area (Å²) in [6.45, 7) is 1.16. The average molecular weight is 425 g/mol. The zero-order chi connectivity index (χ0) is 22.0. The molecular weight excluding hydrogens is 398 g/mol. The number of carbonyl (C=O) groups excluding carboxylic acids is 2. The molecule has 2 aliphatic rings. The smallest absolute Gasteiger partial charge is 0.254 e. The zero-order valence-electron chi connectivity index (χ0n) is 18.0. The quantitative estimate of drug-likeness (QED) is 0.764. The topological polar surface area (TPSA) is 90.0 Å². The highest BCUT2D eigenvalue weighted by molar-refractivity contribution is 6.02. The van der Waals surface area contributed by atoms with Crippen molar-refractivity contribution < 1.29 is 23.8 Å². The van der Waals surface area contributed by atoms with Crippen molar-refractivity contribution >= 4 is 11.8 Å². The molecule has 3 atom stereocenters. The second-order valence-electron chi connectivity index (χ2n) is 7.80. The number of likely N-dealkylation sites (N-methyl/N-ethyl adjacent to an activating group) is 1. The fraction of sp³-hybridized carbons (Fsp3) is 0.435. The standard InChI is InChI=1S/C23H27N3O5/c1-26-21(14-6-4-8-24-12-14)20(22(27)25-13-15-7-5-9-31-15)16-10-18(29-2)19(30-3)11-17(16)23(26)28/h4,6,8,10-12,15,20-21H,5,7,9,13H2,1-3H3,(H,25,27)/t15-,20+,21+/m1/s1. The largest absolute Gasteiger partial charge is 0.493 e. The van der Waals surface area contributed by atoms with Crippen LogP contribution in [-0.4, -0.2) is 62.2 Å². The lowest BCUT2D eigenvalue weighted by Crippen LogP contribution is -2.46. The van der Waals surface area contributed by atoms with Crippen LogP contribution in [0.3, 0.4) is 0 Å². The number of hydrogen-bond acceptors (Lipinski definition) is 6. The Morgan fingerprint density at radius 3 is 2.71 bits per heavy atom. The molecule has 1 fully saturated rings. The fourth-order valence-corrected chi connectivity index (χ4v) is 4.43. The Hall–Kier alpha value is -3.13. The third-order valence-corrected chi connectivity index (χ3v) is 6.01. The van der Waals surface area contributed by atoms with Crippen LogP contribution in [0.2, 0.25) is 0 Å². The minimum Gasteiger partial charge on any atom is -0.493 e. The molecule has 31 heavy (non-hydrogen) atoms. The van der Waals surface area contributed by atoms with Gasteiger partial charge in [-0.05, 0) is 42.2 Å². The number of aromatic nitrogens is 1. The van der Waals surface area contributed by atoms with Crippen molar-refractivity contribution in [3.8, 4) is 11.5 Å². The predicted molar refractivity (Wildman–Crippen MR) is 113 cm³/mol. The minimum atomic E-state index is -0.636. The van der Waals surface area contributed by atoms with E-state index in [1.165, 1.54) is 14.2 Å². The second-order valence-corrected chi connectivity index (χ2v) is 7.80. The molecule has 2 aliphatic heterocycles. The second kappa shape index (κ2) is 8.93. The van der Waals surface area contributed by atoms with E-state index in [0.29, 0.717) is 29.2 Å². The molecule has 0 radical (unpaired) electrons. The lowest BCUT2D eigenvalue weighted by atomic mass is 9.79. The maximum absolute atomic E-state index is 13.5. The van der Waals surface area contributed by atoms with Gasteiger partial charge in [0.05, 0.1) is 32.3 Å². The third kappa shape index (κ3) is 3.95. The number of benzene rings is 1. The molecule has 0 saturated carbocycles. The Morgan fingerprint density at radius 1 is 1.29 bits per heavy atom. The number of hydrogen-bond donors (Lipinski definition) is 1. The Kier molecular flexibility index (Phi) is 6.08. The van der Waals surface area contributed by atoms with Gasteiger partial charge < -0.3 is 24.4 Å².